The minimum absolute atomic E-state index is 0.240. The van der Waals surface area contributed by atoms with Crippen LogP contribution in [0.25, 0.3) is 22.4 Å². The van der Waals surface area contributed by atoms with Crippen molar-refractivity contribution in [3.8, 4) is 28.3 Å². The van der Waals surface area contributed by atoms with E-state index in [4.69, 9.17) is 21.3 Å². The van der Waals surface area contributed by atoms with E-state index < -0.39 is 0 Å². The fourth-order valence-corrected chi connectivity index (χ4v) is 5.06. The number of nitrogens with zero attached hydrogens (tertiary/aromatic N) is 1. The van der Waals surface area contributed by atoms with Crippen molar-refractivity contribution in [2.24, 2.45) is 0 Å². The topological polar surface area (TPSA) is 63.2 Å². The lowest BCUT2D eigenvalue weighted by Crippen LogP contribution is -2.36. The molecule has 178 valence electrons. The predicted molar refractivity (Wildman–Crippen MR) is 139 cm³/mol. The lowest BCUT2D eigenvalue weighted by molar-refractivity contribution is -0.108. The summed E-state index contributed by atoms with van der Waals surface area (Å²) in [6, 6.07) is 17.0. The summed E-state index contributed by atoms with van der Waals surface area (Å²) in [5.74, 6) is 0.584. The second-order valence-corrected chi connectivity index (χ2v) is 9.07. The van der Waals surface area contributed by atoms with Gasteiger partial charge in [0.25, 0.3) is 0 Å². The summed E-state index contributed by atoms with van der Waals surface area (Å²) < 4.78 is 5.62. The van der Waals surface area contributed by atoms with Gasteiger partial charge in [-0.1, -0.05) is 54.1 Å². The van der Waals surface area contributed by atoms with Crippen LogP contribution < -0.4 is 15.4 Å². The standard InChI is InChI=1S/C28H32ClN3O2/c1-30-21(9-6-16-33)18-31-17-20-14-15-26(32-28(20)34-2)25-13-5-12-24(27(25)29)23-11-4-8-19-7-3-10-22(19)23/h4-5,8,11-16,21,30-31H,3,6-7,9-10,17-18H2,1-2H3/t21-/m0/s1. The zero-order valence-electron chi connectivity index (χ0n) is 19.9. The average Bonchev–Trinajstić information content (AvgIpc) is 3.36. The van der Waals surface area contributed by atoms with Crippen LogP contribution in [0.4, 0.5) is 0 Å². The number of aromatic nitrogens is 1. The van der Waals surface area contributed by atoms with E-state index in [-0.39, 0.29) is 6.04 Å². The van der Waals surface area contributed by atoms with Crippen LogP contribution in [0.2, 0.25) is 5.02 Å². The van der Waals surface area contributed by atoms with Crippen LogP contribution in [-0.4, -0.2) is 38.0 Å². The Morgan fingerprint density at radius 1 is 1.09 bits per heavy atom. The Morgan fingerprint density at radius 3 is 2.68 bits per heavy atom. The lowest BCUT2D eigenvalue weighted by atomic mass is 9.95. The Labute approximate surface area is 206 Å². The van der Waals surface area contributed by atoms with Gasteiger partial charge in [0.05, 0.1) is 17.8 Å². The van der Waals surface area contributed by atoms with E-state index >= 15 is 0 Å². The van der Waals surface area contributed by atoms with Crippen LogP contribution in [0.15, 0.2) is 48.5 Å². The number of fused-ring (bicyclic) bond motifs is 1. The van der Waals surface area contributed by atoms with Gasteiger partial charge in [-0.15, -0.1) is 0 Å². The lowest BCUT2D eigenvalue weighted by Gasteiger charge is -2.17. The number of likely N-dealkylation sites (N-methyl/N-ethyl adjacent to an activating group) is 1. The Balaban J connectivity index is 1.56. The van der Waals surface area contributed by atoms with Crippen molar-refractivity contribution in [2.45, 2.75) is 44.7 Å². The summed E-state index contributed by atoms with van der Waals surface area (Å²) >= 11 is 6.97. The highest BCUT2D eigenvalue weighted by molar-refractivity contribution is 6.36. The first-order valence-corrected chi connectivity index (χ1v) is 12.3. The maximum Gasteiger partial charge on any atom is 0.218 e. The van der Waals surface area contributed by atoms with Crippen LogP contribution in [0, 0.1) is 0 Å². The molecule has 34 heavy (non-hydrogen) atoms. The van der Waals surface area contributed by atoms with Gasteiger partial charge in [0.2, 0.25) is 5.88 Å². The van der Waals surface area contributed by atoms with E-state index in [2.05, 4.69) is 34.9 Å². The number of rotatable bonds is 11. The van der Waals surface area contributed by atoms with Gasteiger partial charge in [-0.2, -0.15) is 0 Å². The molecule has 0 saturated heterocycles. The molecule has 6 heteroatoms. The molecule has 0 fully saturated rings. The maximum absolute atomic E-state index is 10.6. The third-order valence-electron chi connectivity index (χ3n) is 6.59. The quantitative estimate of drug-likeness (QED) is 0.370. The zero-order chi connectivity index (χ0) is 23.9. The number of pyridine rings is 1. The van der Waals surface area contributed by atoms with Crippen LogP contribution in [-0.2, 0) is 24.2 Å². The second-order valence-electron chi connectivity index (χ2n) is 8.69. The summed E-state index contributed by atoms with van der Waals surface area (Å²) in [5.41, 5.74) is 7.80. The number of benzene rings is 2. The Bertz CT molecular complexity index is 1150. The molecular formula is C28H32ClN3O2. The molecule has 0 radical (unpaired) electrons. The van der Waals surface area contributed by atoms with E-state index in [9.17, 15) is 4.79 Å². The SMILES string of the molecule is CN[C@@H](CCC=O)CNCc1ccc(-c2cccc(-c3cccc4c3CCC4)c2Cl)nc1OC. The second kappa shape index (κ2) is 11.6. The largest absolute Gasteiger partial charge is 0.481 e. The van der Waals surface area contributed by atoms with E-state index in [1.165, 1.54) is 23.1 Å². The molecule has 0 saturated carbocycles. The molecule has 1 atom stereocenters. The highest BCUT2D eigenvalue weighted by Crippen LogP contribution is 2.40. The number of carbonyl (C=O) groups excluding carboxylic acids is 1. The molecule has 0 aliphatic heterocycles. The Morgan fingerprint density at radius 2 is 1.88 bits per heavy atom. The molecule has 2 aromatic carbocycles. The molecule has 0 unspecified atom stereocenters. The van der Waals surface area contributed by atoms with E-state index in [0.717, 1.165) is 59.5 Å². The van der Waals surface area contributed by atoms with Crippen molar-refractivity contribution in [1.82, 2.24) is 15.6 Å². The molecule has 1 heterocycles. The van der Waals surface area contributed by atoms with Crippen molar-refractivity contribution in [2.75, 3.05) is 20.7 Å². The number of ether oxygens (including phenoxy) is 1. The van der Waals surface area contributed by atoms with Gasteiger partial charge < -0.3 is 20.2 Å². The normalized spacial score (nSPS) is 13.5. The van der Waals surface area contributed by atoms with Crippen LogP contribution >= 0.6 is 11.6 Å². The summed E-state index contributed by atoms with van der Waals surface area (Å²) in [7, 11) is 3.55. The van der Waals surface area contributed by atoms with Crippen LogP contribution in [0.3, 0.4) is 0 Å². The van der Waals surface area contributed by atoms with Crippen LogP contribution in [0.5, 0.6) is 5.88 Å². The Kier molecular flexibility index (Phi) is 8.33. The van der Waals surface area contributed by atoms with Gasteiger partial charge in [-0.25, -0.2) is 4.98 Å². The first kappa shape index (κ1) is 24.4. The van der Waals surface area contributed by atoms with Crippen molar-refractivity contribution < 1.29 is 9.53 Å². The van der Waals surface area contributed by atoms with Crippen molar-refractivity contribution in [1.29, 1.82) is 0 Å². The van der Waals surface area contributed by atoms with Crippen molar-refractivity contribution in [3.05, 3.63) is 70.2 Å². The predicted octanol–water partition coefficient (Wildman–Crippen LogP) is 5.22. The monoisotopic (exact) mass is 477 g/mol. The third kappa shape index (κ3) is 5.33. The third-order valence-corrected chi connectivity index (χ3v) is 7.00. The van der Waals surface area contributed by atoms with Gasteiger partial charge in [-0.05, 0) is 55.5 Å². The summed E-state index contributed by atoms with van der Waals surface area (Å²) in [6.45, 7) is 1.38. The Hall–Kier alpha value is -2.73. The maximum atomic E-state index is 10.6. The highest BCUT2D eigenvalue weighted by Gasteiger charge is 2.19. The number of carbonyl (C=O) groups is 1. The van der Waals surface area contributed by atoms with Gasteiger partial charge in [-0.3, -0.25) is 0 Å². The highest BCUT2D eigenvalue weighted by atomic mass is 35.5. The first-order valence-electron chi connectivity index (χ1n) is 11.9. The summed E-state index contributed by atoms with van der Waals surface area (Å²) in [4.78, 5) is 15.4. The molecule has 2 N–H and O–H groups in total. The smallest absolute Gasteiger partial charge is 0.218 e. The van der Waals surface area contributed by atoms with Gasteiger partial charge in [0.1, 0.15) is 6.29 Å². The molecule has 1 aromatic heterocycles. The molecule has 3 aromatic rings. The molecule has 0 spiro atoms. The number of hydrogen-bond acceptors (Lipinski definition) is 5. The number of methoxy groups -OCH3 is 1. The number of hydrogen-bond donors (Lipinski definition) is 2. The summed E-state index contributed by atoms with van der Waals surface area (Å²) in [5, 5.41) is 7.39. The molecule has 0 amide bonds. The molecule has 4 rings (SSSR count). The fraction of sp³-hybridized carbons (Fsp3) is 0.357. The van der Waals surface area contributed by atoms with E-state index in [0.29, 0.717) is 18.8 Å². The first-order chi connectivity index (χ1) is 16.7. The van der Waals surface area contributed by atoms with Crippen molar-refractivity contribution >= 4 is 17.9 Å². The van der Waals surface area contributed by atoms with Gasteiger partial charge >= 0.3 is 0 Å². The number of aryl methyl sites for hydroxylation is 1. The molecule has 1 aliphatic carbocycles. The van der Waals surface area contributed by atoms with E-state index in [1.54, 1.807) is 7.11 Å². The number of halogens is 1. The fourth-order valence-electron chi connectivity index (χ4n) is 4.74. The molecule has 1 aliphatic rings. The minimum atomic E-state index is 0.240. The molecular weight excluding hydrogens is 446 g/mol. The number of nitrogens with one attached hydrogen (secondary N) is 2. The minimum Gasteiger partial charge on any atom is -0.481 e. The van der Waals surface area contributed by atoms with Gasteiger partial charge in [0.15, 0.2) is 0 Å². The van der Waals surface area contributed by atoms with Gasteiger partial charge in [0, 0.05) is 42.2 Å². The van der Waals surface area contributed by atoms with E-state index in [1.807, 2.05) is 31.3 Å². The zero-order valence-corrected chi connectivity index (χ0v) is 20.6. The average molecular weight is 478 g/mol. The number of aldehydes is 1. The summed E-state index contributed by atoms with van der Waals surface area (Å²) in [6.07, 6.45) is 5.76. The van der Waals surface area contributed by atoms with Crippen molar-refractivity contribution in [3.63, 3.8) is 0 Å². The molecule has 0 bridgehead atoms. The molecule has 5 nitrogen and oxygen atoms in total. The van der Waals surface area contributed by atoms with Crippen LogP contribution in [0.1, 0.15) is 36.0 Å².